The van der Waals surface area contributed by atoms with E-state index in [2.05, 4.69) is 372 Å². The van der Waals surface area contributed by atoms with Crippen LogP contribution in [0.4, 0.5) is 68.2 Å². The van der Waals surface area contributed by atoms with Gasteiger partial charge in [-0.2, -0.15) is 0 Å². The lowest BCUT2D eigenvalue weighted by Crippen LogP contribution is -2.10. The van der Waals surface area contributed by atoms with E-state index in [1.807, 2.05) is 0 Å². The van der Waals surface area contributed by atoms with Crippen LogP contribution >= 0.6 is 0 Å². The van der Waals surface area contributed by atoms with Gasteiger partial charge >= 0.3 is 0 Å². The highest BCUT2D eigenvalue weighted by atomic mass is 15.2. The molecule has 0 spiro atoms. The topological polar surface area (TPSA) is 13.0 Å². The molecule has 8 saturated carbocycles. The number of rotatable bonds is 25. The van der Waals surface area contributed by atoms with Crippen LogP contribution in [0.3, 0.4) is 0 Å². The summed E-state index contributed by atoms with van der Waals surface area (Å²) in [4.78, 5) is 9.85. The smallest absolute Gasteiger partial charge is 0.0462 e. The van der Waals surface area contributed by atoms with Crippen molar-refractivity contribution in [2.45, 2.75) is 257 Å². The maximum absolute atomic E-state index is 2.46. The molecule has 136 heavy (non-hydrogen) atoms. The molecule has 0 N–H and O–H groups in total. The van der Waals surface area contributed by atoms with Crippen LogP contribution in [-0.2, 0) is 0 Å². The summed E-state index contributed by atoms with van der Waals surface area (Å²) < 4.78 is 0. The Kier molecular flexibility index (Phi) is 30.3. The Balaban J connectivity index is 0.731. The van der Waals surface area contributed by atoms with E-state index < -0.39 is 0 Å². The lowest BCUT2D eigenvalue weighted by molar-refractivity contribution is 0.602. The summed E-state index contributed by atoms with van der Waals surface area (Å²) in [5.41, 5.74) is 43.1. The van der Waals surface area contributed by atoms with Gasteiger partial charge in [0, 0.05) is 68.2 Å². The Hall–Kier alpha value is -12.8. The molecule has 0 bridgehead atoms. The van der Waals surface area contributed by atoms with Crippen molar-refractivity contribution in [2.75, 3.05) is 19.6 Å². The van der Waals surface area contributed by atoms with E-state index in [1.165, 1.54) is 301 Å². The summed E-state index contributed by atoms with van der Waals surface area (Å²) in [5.74, 6) is 0. The molecule has 8 aliphatic rings. The Morgan fingerprint density at radius 3 is 0.338 bits per heavy atom. The Bertz CT molecular complexity index is 5210. The van der Waals surface area contributed by atoms with Crippen LogP contribution < -0.4 is 19.6 Å². The third kappa shape index (κ3) is 23.7. The first-order valence-corrected chi connectivity index (χ1v) is 52.7. The minimum absolute atomic E-state index is 1.10. The fraction of sp³-hybridized carbons (Fsp3) is 0.303. The second kappa shape index (κ2) is 45.3. The maximum Gasteiger partial charge on any atom is 0.0462 e. The van der Waals surface area contributed by atoms with Crippen LogP contribution in [0.2, 0.25) is 0 Å². The van der Waals surface area contributed by atoms with Crippen molar-refractivity contribution in [3.05, 3.63) is 415 Å². The molecule has 0 saturated heterocycles. The number of hydrogen-bond acceptors (Lipinski definition) is 4. The van der Waals surface area contributed by atoms with Crippen molar-refractivity contribution in [2.24, 2.45) is 0 Å². The second-order valence-electron chi connectivity index (χ2n) is 40.3. The van der Waals surface area contributed by atoms with Crippen LogP contribution in [0.1, 0.15) is 324 Å². The Labute approximate surface area is 813 Å². The zero-order valence-electron chi connectivity index (χ0n) is 80.6. The predicted molar refractivity (Wildman–Crippen MR) is 587 cm³/mol. The van der Waals surface area contributed by atoms with E-state index in [-0.39, 0.29) is 0 Å². The van der Waals surface area contributed by atoms with Crippen LogP contribution in [-0.4, -0.2) is 0 Å². The van der Waals surface area contributed by atoms with Gasteiger partial charge in [-0.3, -0.25) is 0 Å². The van der Waals surface area contributed by atoms with E-state index in [0.717, 1.165) is 102 Å². The zero-order valence-corrected chi connectivity index (χ0v) is 80.6. The van der Waals surface area contributed by atoms with Gasteiger partial charge in [-0.05, 0) is 429 Å². The van der Waals surface area contributed by atoms with Gasteiger partial charge in [-0.15, -0.1) is 0 Å². The molecule has 12 aromatic carbocycles. The lowest BCUT2D eigenvalue weighted by Gasteiger charge is -2.27. The van der Waals surface area contributed by atoms with Gasteiger partial charge in [0.15, 0.2) is 0 Å². The molecule has 8 fully saturated rings. The van der Waals surface area contributed by atoms with E-state index in [0.29, 0.717) is 0 Å². The van der Waals surface area contributed by atoms with Crippen molar-refractivity contribution >= 4 is 128 Å². The fourth-order valence-corrected chi connectivity index (χ4v) is 22.7. The largest absolute Gasteiger partial charge is 0.311 e. The van der Waals surface area contributed by atoms with Crippen LogP contribution in [0, 0.1) is 0 Å². The van der Waals surface area contributed by atoms with Crippen molar-refractivity contribution < 1.29 is 0 Å². The summed E-state index contributed by atoms with van der Waals surface area (Å²) in [7, 11) is 0. The molecule has 4 nitrogen and oxygen atoms in total. The van der Waals surface area contributed by atoms with E-state index >= 15 is 0 Å². The van der Waals surface area contributed by atoms with E-state index in [9.17, 15) is 0 Å². The van der Waals surface area contributed by atoms with Crippen LogP contribution in [0.25, 0.3) is 59.8 Å². The van der Waals surface area contributed by atoms with Crippen molar-refractivity contribution in [3.8, 4) is 0 Å². The molecule has 0 amide bonds. The summed E-state index contributed by atoms with van der Waals surface area (Å²) in [6.07, 6.45) is 74.9. The monoisotopic (exact) mass is 1780 g/mol. The highest BCUT2D eigenvalue weighted by molar-refractivity contribution is 5.91. The van der Waals surface area contributed by atoms with Gasteiger partial charge in [0.1, 0.15) is 0 Å². The molecule has 0 atom stereocenters. The van der Waals surface area contributed by atoms with Gasteiger partial charge in [0.2, 0.25) is 0 Å². The SMILES string of the molecule is C(=C1CCCCC1)c1ccc(N(c2ccc(C=C3CCCCC3)cc2)c2ccc(C(=CC=C(c3ccc(N(c4ccc(C=C5CCCCC5)cc4)c4ccc(C=C5CCCCC5)cc4)cc3)c3ccc(N(c4ccc(C=C5CCCCC5)cc4)c4ccc(C=C5CCCCC5)cc4)cc3)c3ccc(N(c4ccc(C=C5CCCCC5)cc4)c4ccc(C=C5CCCCC5)cc4)cc3)cc2)cc1. The quantitative estimate of drug-likeness (QED) is 0.0529. The van der Waals surface area contributed by atoms with E-state index in [4.69, 9.17) is 0 Å². The second-order valence-corrected chi connectivity index (χ2v) is 40.3. The molecule has 0 aliphatic heterocycles. The summed E-state index contributed by atoms with van der Waals surface area (Å²) in [6.45, 7) is 0. The molecular formula is C132H138N4. The Morgan fingerprint density at radius 1 is 0.125 bits per heavy atom. The number of nitrogens with zero attached hydrogens (tertiary/aromatic N) is 4. The summed E-state index contributed by atoms with van der Waals surface area (Å²) >= 11 is 0. The van der Waals surface area contributed by atoms with Crippen LogP contribution in [0.5, 0.6) is 0 Å². The zero-order chi connectivity index (χ0) is 91.2. The summed E-state index contributed by atoms with van der Waals surface area (Å²) in [5, 5.41) is 0. The molecule has 686 valence electrons. The van der Waals surface area contributed by atoms with Gasteiger partial charge in [-0.1, -0.05) is 302 Å². The predicted octanol–water partition coefficient (Wildman–Crippen LogP) is 39.9. The molecule has 0 heterocycles. The van der Waals surface area contributed by atoms with Crippen molar-refractivity contribution in [3.63, 3.8) is 0 Å². The third-order valence-corrected chi connectivity index (χ3v) is 30.3. The molecular weight excluding hydrogens is 1640 g/mol. The maximum atomic E-state index is 2.46. The summed E-state index contributed by atoms with van der Waals surface area (Å²) in [6, 6.07) is 113. The Morgan fingerprint density at radius 2 is 0.228 bits per heavy atom. The molecule has 0 unspecified atom stereocenters. The average molecular weight is 1780 g/mol. The normalized spacial score (nSPS) is 16.6. The first kappa shape index (κ1) is 91.0. The fourth-order valence-electron chi connectivity index (χ4n) is 22.7. The first-order chi connectivity index (χ1) is 67.3. The third-order valence-electron chi connectivity index (χ3n) is 30.3. The highest BCUT2D eigenvalue weighted by Crippen LogP contribution is 2.46. The molecule has 20 rings (SSSR count). The van der Waals surface area contributed by atoms with Gasteiger partial charge < -0.3 is 19.6 Å². The molecule has 8 aliphatic carbocycles. The molecule has 12 aromatic rings. The minimum Gasteiger partial charge on any atom is -0.311 e. The minimum atomic E-state index is 1.10. The highest BCUT2D eigenvalue weighted by Gasteiger charge is 2.24. The standard InChI is InChI=1S/C132H138N4/c1-9-25-99(26-10-1)91-107-41-65-119(66-42-107)133(120-67-43-108(44-68-120)92-100-27-11-2-12-28-100)127-81-57-115(58-82-127)131(116-59-83-128(84-60-116)134(121-69-45-109(46-70-121)93-101-29-13-3-14-30-101)122-71-47-110(48-72-122)94-102-31-15-4-16-32-102)89-90-132(117-61-85-129(86-62-117)135(123-73-49-111(50-74-123)95-103-33-17-5-18-34-103)124-75-51-112(52-76-124)96-104-35-19-6-20-36-104)118-63-87-130(88-64-118)136(125-77-53-113(54-78-125)97-105-37-21-7-22-38-105)126-79-55-114(56-80-126)98-106-39-23-8-24-40-106/h41-98H,1-40H2. The number of hydrogen-bond donors (Lipinski definition) is 0. The first-order valence-electron chi connectivity index (χ1n) is 52.7. The van der Waals surface area contributed by atoms with Gasteiger partial charge in [-0.25, -0.2) is 0 Å². The molecule has 0 radical (unpaired) electrons. The van der Waals surface area contributed by atoms with Crippen molar-refractivity contribution in [1.82, 2.24) is 0 Å². The number of benzene rings is 12. The lowest BCUT2D eigenvalue weighted by atomic mass is 9.92. The number of anilines is 12. The van der Waals surface area contributed by atoms with Crippen molar-refractivity contribution in [1.29, 1.82) is 0 Å². The molecule has 0 aromatic heterocycles. The van der Waals surface area contributed by atoms with Gasteiger partial charge in [0.05, 0.1) is 0 Å². The molecule has 4 heteroatoms. The average Bonchev–Trinajstić information content (AvgIpc) is 0.793. The van der Waals surface area contributed by atoms with Gasteiger partial charge in [0.25, 0.3) is 0 Å². The number of allylic oxidation sites excluding steroid dienone is 10. The van der Waals surface area contributed by atoms with Crippen LogP contribution in [0.15, 0.2) is 348 Å². The van der Waals surface area contributed by atoms with E-state index in [1.54, 1.807) is 44.6 Å².